The number of nitrogens with zero attached hydrogens (tertiary/aromatic N) is 3. The monoisotopic (exact) mass is 549 g/mol. The quantitative estimate of drug-likeness (QED) is 0.315. The number of nitrogens with one attached hydrogen (secondary N) is 2. The van der Waals surface area contributed by atoms with Crippen LogP contribution in [-0.4, -0.2) is 43.8 Å². The number of rotatable bonds is 7. The van der Waals surface area contributed by atoms with Crippen LogP contribution in [0.1, 0.15) is 35.2 Å². The van der Waals surface area contributed by atoms with Crippen LogP contribution >= 0.6 is 35.3 Å². The summed E-state index contributed by atoms with van der Waals surface area (Å²) in [4.78, 5) is 10.2. The maximum atomic E-state index is 12.6. The van der Waals surface area contributed by atoms with Crippen molar-refractivity contribution in [3.05, 3.63) is 45.9 Å². The van der Waals surface area contributed by atoms with Crippen LogP contribution in [0.3, 0.4) is 0 Å². The minimum Gasteiger partial charge on any atom is -0.352 e. The van der Waals surface area contributed by atoms with Crippen molar-refractivity contribution in [1.29, 1.82) is 0 Å². The number of aryl methyl sites for hydroxylation is 1. The van der Waals surface area contributed by atoms with Crippen molar-refractivity contribution >= 4 is 51.3 Å². The fraction of sp³-hybridized carbons (Fsp3) is 0.474. The second-order valence-electron chi connectivity index (χ2n) is 6.61. The molecule has 0 radical (unpaired) electrons. The van der Waals surface area contributed by atoms with Crippen molar-refractivity contribution in [3.8, 4) is 0 Å². The molecular formula is C19H28IN5O2S2. The first kappa shape index (κ1) is 24.0. The number of benzene rings is 1. The zero-order valence-corrected chi connectivity index (χ0v) is 20.7. The molecular weight excluding hydrogens is 521 g/mol. The van der Waals surface area contributed by atoms with Crippen LogP contribution in [0, 0.1) is 0 Å². The van der Waals surface area contributed by atoms with E-state index >= 15 is 0 Å². The number of aliphatic imine (C=N–C) groups is 1. The van der Waals surface area contributed by atoms with Crippen molar-refractivity contribution in [2.45, 2.75) is 44.2 Å². The van der Waals surface area contributed by atoms with E-state index in [1.54, 1.807) is 34.8 Å². The normalized spacial score (nSPS) is 15.2. The first-order valence-electron chi connectivity index (χ1n) is 9.50. The summed E-state index contributed by atoms with van der Waals surface area (Å²) < 4.78 is 26.7. The molecule has 2 heterocycles. The van der Waals surface area contributed by atoms with Crippen LogP contribution < -0.4 is 10.6 Å². The van der Waals surface area contributed by atoms with Gasteiger partial charge in [-0.25, -0.2) is 13.4 Å². The average molecular weight is 550 g/mol. The molecule has 3 rings (SSSR count). The van der Waals surface area contributed by atoms with E-state index in [0.717, 1.165) is 29.8 Å². The molecule has 1 aliphatic rings. The number of guanidine groups is 1. The van der Waals surface area contributed by atoms with E-state index in [-0.39, 0.29) is 24.0 Å². The lowest BCUT2D eigenvalue weighted by Gasteiger charge is -2.16. The molecule has 1 aromatic heterocycles. The molecule has 29 heavy (non-hydrogen) atoms. The Labute approximate surface area is 194 Å². The molecule has 0 unspecified atom stereocenters. The third-order valence-electron chi connectivity index (χ3n) is 4.67. The number of aromatic nitrogens is 1. The lowest BCUT2D eigenvalue weighted by molar-refractivity contribution is 0.477. The molecule has 0 aliphatic carbocycles. The van der Waals surface area contributed by atoms with Gasteiger partial charge in [0.2, 0.25) is 10.0 Å². The van der Waals surface area contributed by atoms with Gasteiger partial charge in [0.1, 0.15) is 5.01 Å². The van der Waals surface area contributed by atoms with E-state index in [9.17, 15) is 8.42 Å². The van der Waals surface area contributed by atoms with Crippen LogP contribution in [0.25, 0.3) is 0 Å². The summed E-state index contributed by atoms with van der Waals surface area (Å²) in [6.45, 7) is 4.53. The van der Waals surface area contributed by atoms with Gasteiger partial charge in [-0.05, 0) is 37.0 Å². The van der Waals surface area contributed by atoms with Gasteiger partial charge in [-0.3, -0.25) is 4.99 Å². The summed E-state index contributed by atoms with van der Waals surface area (Å²) >= 11 is 1.70. The van der Waals surface area contributed by atoms with Crippen molar-refractivity contribution in [2.24, 2.45) is 4.99 Å². The number of halogens is 1. The highest BCUT2D eigenvalue weighted by Crippen LogP contribution is 2.21. The minimum atomic E-state index is -3.36. The SMILES string of the molecule is CCc1cnc(CNC(=NC)NCc2ccc(S(=O)(=O)N3CCCC3)cc2)s1.I. The Morgan fingerprint density at radius 2 is 1.83 bits per heavy atom. The predicted octanol–water partition coefficient (Wildman–Crippen LogP) is 2.97. The van der Waals surface area contributed by atoms with Gasteiger partial charge in [0.15, 0.2) is 5.96 Å². The van der Waals surface area contributed by atoms with Gasteiger partial charge < -0.3 is 10.6 Å². The van der Waals surface area contributed by atoms with Gasteiger partial charge in [0, 0.05) is 37.8 Å². The first-order chi connectivity index (χ1) is 13.5. The van der Waals surface area contributed by atoms with E-state index in [2.05, 4.69) is 27.5 Å². The number of hydrogen-bond donors (Lipinski definition) is 2. The lowest BCUT2D eigenvalue weighted by Crippen LogP contribution is -2.36. The average Bonchev–Trinajstić information content (AvgIpc) is 3.41. The summed E-state index contributed by atoms with van der Waals surface area (Å²) in [5.74, 6) is 0.682. The topological polar surface area (TPSA) is 86.7 Å². The van der Waals surface area contributed by atoms with Gasteiger partial charge in [0.25, 0.3) is 0 Å². The smallest absolute Gasteiger partial charge is 0.243 e. The second kappa shape index (κ2) is 11.2. The molecule has 7 nitrogen and oxygen atoms in total. The Kier molecular flexibility index (Phi) is 9.31. The summed E-state index contributed by atoms with van der Waals surface area (Å²) in [5, 5.41) is 7.52. The standard InChI is InChI=1S/C19H27N5O2S2.HI/c1-3-16-13-21-18(27-16)14-23-19(20-2)22-12-15-6-8-17(9-7-15)28(25,26)24-10-4-5-11-24;/h6-9,13H,3-5,10-12,14H2,1-2H3,(H2,20,22,23);1H. The molecule has 2 aromatic rings. The maximum absolute atomic E-state index is 12.6. The van der Waals surface area contributed by atoms with Crippen LogP contribution in [0.15, 0.2) is 40.4 Å². The Morgan fingerprint density at radius 3 is 2.41 bits per heavy atom. The zero-order chi connectivity index (χ0) is 20.0. The highest BCUT2D eigenvalue weighted by molar-refractivity contribution is 14.0. The van der Waals surface area contributed by atoms with Crippen LogP contribution in [0.5, 0.6) is 0 Å². The summed E-state index contributed by atoms with van der Waals surface area (Å²) in [6.07, 6.45) is 4.78. The molecule has 0 amide bonds. The molecule has 1 aromatic carbocycles. The van der Waals surface area contributed by atoms with Crippen molar-refractivity contribution in [1.82, 2.24) is 19.9 Å². The fourth-order valence-electron chi connectivity index (χ4n) is 3.02. The van der Waals surface area contributed by atoms with Crippen molar-refractivity contribution in [3.63, 3.8) is 0 Å². The van der Waals surface area contributed by atoms with E-state index in [0.29, 0.717) is 37.0 Å². The molecule has 0 atom stereocenters. The third-order valence-corrected chi connectivity index (χ3v) is 7.72. The zero-order valence-electron chi connectivity index (χ0n) is 16.7. The number of hydrogen-bond acceptors (Lipinski definition) is 5. The highest BCUT2D eigenvalue weighted by Gasteiger charge is 2.26. The fourth-order valence-corrected chi connectivity index (χ4v) is 5.33. The van der Waals surface area contributed by atoms with E-state index < -0.39 is 10.0 Å². The number of thiazole rings is 1. The van der Waals surface area contributed by atoms with Crippen LogP contribution in [0.4, 0.5) is 0 Å². The summed E-state index contributed by atoms with van der Waals surface area (Å²) in [5.41, 5.74) is 0.992. The lowest BCUT2D eigenvalue weighted by atomic mass is 10.2. The molecule has 1 fully saturated rings. The van der Waals surface area contributed by atoms with Crippen molar-refractivity contribution < 1.29 is 8.42 Å². The molecule has 0 bridgehead atoms. The Bertz CT molecular complexity index is 907. The predicted molar refractivity (Wildman–Crippen MR) is 128 cm³/mol. The first-order valence-corrected chi connectivity index (χ1v) is 11.8. The second-order valence-corrected chi connectivity index (χ2v) is 9.75. The highest BCUT2D eigenvalue weighted by atomic mass is 127. The summed E-state index contributed by atoms with van der Waals surface area (Å²) in [6, 6.07) is 7.06. The third kappa shape index (κ3) is 6.37. The molecule has 1 aliphatic heterocycles. The van der Waals surface area contributed by atoms with Gasteiger partial charge in [-0.2, -0.15) is 4.31 Å². The van der Waals surface area contributed by atoms with Crippen LogP contribution in [-0.2, 0) is 29.5 Å². The van der Waals surface area contributed by atoms with Crippen LogP contribution in [0.2, 0.25) is 0 Å². The van der Waals surface area contributed by atoms with E-state index in [1.165, 1.54) is 4.88 Å². The number of sulfonamides is 1. The molecule has 10 heteroatoms. The maximum Gasteiger partial charge on any atom is 0.243 e. The molecule has 0 spiro atoms. The largest absolute Gasteiger partial charge is 0.352 e. The molecule has 1 saturated heterocycles. The Balaban J connectivity index is 0.00000300. The molecule has 2 N–H and O–H groups in total. The van der Waals surface area contributed by atoms with Gasteiger partial charge in [-0.1, -0.05) is 19.1 Å². The van der Waals surface area contributed by atoms with Gasteiger partial charge >= 0.3 is 0 Å². The van der Waals surface area contributed by atoms with Crippen molar-refractivity contribution in [2.75, 3.05) is 20.1 Å². The Morgan fingerprint density at radius 1 is 1.17 bits per heavy atom. The van der Waals surface area contributed by atoms with E-state index in [4.69, 9.17) is 0 Å². The Hall–Kier alpha value is -1.24. The van der Waals surface area contributed by atoms with Gasteiger partial charge in [-0.15, -0.1) is 35.3 Å². The molecule has 160 valence electrons. The van der Waals surface area contributed by atoms with E-state index in [1.807, 2.05) is 18.3 Å². The minimum absolute atomic E-state index is 0. The molecule has 0 saturated carbocycles. The van der Waals surface area contributed by atoms with Gasteiger partial charge in [0.05, 0.1) is 11.4 Å². The summed E-state index contributed by atoms with van der Waals surface area (Å²) in [7, 11) is -1.64.